The second kappa shape index (κ2) is 6.94. The fourth-order valence-electron chi connectivity index (χ4n) is 4.85. The van der Waals surface area contributed by atoms with Crippen LogP contribution in [0.5, 0.6) is 0 Å². The molecule has 4 rings (SSSR count). The molecule has 144 valence electrons. The van der Waals surface area contributed by atoms with Crippen LogP contribution in [0.1, 0.15) is 13.3 Å². The molecule has 2 amide bonds. The minimum absolute atomic E-state index is 0.0434. The smallest absolute Gasteiger partial charge is 0.230 e. The van der Waals surface area contributed by atoms with Crippen LogP contribution in [0.15, 0.2) is 12.2 Å². The van der Waals surface area contributed by atoms with E-state index in [1.54, 1.807) is 0 Å². The molecule has 4 aliphatic heterocycles. The maximum Gasteiger partial charge on any atom is 0.230 e. The van der Waals surface area contributed by atoms with Crippen molar-refractivity contribution in [2.45, 2.75) is 25.0 Å². The first-order chi connectivity index (χ1) is 12.6. The molecule has 0 aromatic rings. The Morgan fingerprint density at radius 1 is 1.35 bits per heavy atom. The molecule has 7 heteroatoms. The molecule has 4 aliphatic rings. The molecule has 0 aliphatic carbocycles. The number of hydrogen-bond donors (Lipinski definition) is 0. The van der Waals surface area contributed by atoms with E-state index in [0.717, 1.165) is 32.6 Å². The maximum absolute atomic E-state index is 13.3. The highest BCUT2D eigenvalue weighted by Crippen LogP contribution is 2.52. The Labute approximate surface area is 154 Å². The van der Waals surface area contributed by atoms with E-state index < -0.39 is 5.60 Å². The summed E-state index contributed by atoms with van der Waals surface area (Å²) in [6, 6.07) is 0. The topological polar surface area (TPSA) is 62.3 Å². The summed E-state index contributed by atoms with van der Waals surface area (Å²) in [5.41, 5.74) is -0.614. The predicted octanol–water partition coefficient (Wildman–Crippen LogP) is -0.0310. The van der Waals surface area contributed by atoms with Crippen molar-refractivity contribution >= 4 is 11.8 Å². The van der Waals surface area contributed by atoms with Gasteiger partial charge in [-0.05, 0) is 26.9 Å². The van der Waals surface area contributed by atoms with Gasteiger partial charge in [0.15, 0.2) is 0 Å². The molecule has 1 spiro atoms. The Morgan fingerprint density at radius 2 is 2.19 bits per heavy atom. The Morgan fingerprint density at radius 3 is 3.00 bits per heavy atom. The van der Waals surface area contributed by atoms with Gasteiger partial charge in [0, 0.05) is 32.8 Å². The van der Waals surface area contributed by atoms with Gasteiger partial charge in [-0.1, -0.05) is 12.2 Å². The van der Waals surface area contributed by atoms with Crippen molar-refractivity contribution in [1.82, 2.24) is 14.7 Å². The van der Waals surface area contributed by atoms with E-state index in [1.165, 1.54) is 0 Å². The molecule has 4 atom stereocenters. The SMILES string of the molecule is CCOCCN1C[C@]23C=C[C@H](O2)C(C(=O)N2CCCN(C)CC2)C3C1=O. The summed E-state index contributed by atoms with van der Waals surface area (Å²) in [5, 5.41) is 0. The lowest BCUT2D eigenvalue weighted by Crippen LogP contribution is -2.47. The van der Waals surface area contributed by atoms with Crippen LogP contribution in [0, 0.1) is 11.8 Å². The van der Waals surface area contributed by atoms with Crippen molar-refractivity contribution < 1.29 is 19.1 Å². The van der Waals surface area contributed by atoms with Crippen molar-refractivity contribution in [1.29, 1.82) is 0 Å². The van der Waals surface area contributed by atoms with E-state index in [2.05, 4.69) is 11.9 Å². The molecule has 0 radical (unpaired) electrons. The van der Waals surface area contributed by atoms with Gasteiger partial charge in [0.1, 0.15) is 5.60 Å². The number of hydrogen-bond acceptors (Lipinski definition) is 5. The van der Waals surface area contributed by atoms with Crippen LogP contribution in [0.2, 0.25) is 0 Å². The van der Waals surface area contributed by atoms with Gasteiger partial charge in [0.25, 0.3) is 0 Å². The van der Waals surface area contributed by atoms with E-state index in [4.69, 9.17) is 9.47 Å². The third-order valence-electron chi connectivity index (χ3n) is 6.20. The highest BCUT2D eigenvalue weighted by atomic mass is 16.5. The molecular weight excluding hydrogens is 334 g/mol. The third-order valence-corrected chi connectivity index (χ3v) is 6.20. The predicted molar refractivity (Wildman–Crippen MR) is 95.5 cm³/mol. The molecule has 2 unspecified atom stereocenters. The Bertz CT molecular complexity index is 610. The van der Waals surface area contributed by atoms with Gasteiger partial charge in [-0.3, -0.25) is 9.59 Å². The second-order valence-electron chi connectivity index (χ2n) is 7.84. The number of carbonyl (C=O) groups is 2. The summed E-state index contributed by atoms with van der Waals surface area (Å²) in [5.74, 6) is -0.635. The number of likely N-dealkylation sites (N-methyl/N-ethyl adjacent to an activating group) is 1. The van der Waals surface area contributed by atoms with Gasteiger partial charge < -0.3 is 24.2 Å². The van der Waals surface area contributed by atoms with E-state index in [-0.39, 0.29) is 29.8 Å². The lowest BCUT2D eigenvalue weighted by Gasteiger charge is -2.29. The van der Waals surface area contributed by atoms with E-state index in [9.17, 15) is 9.59 Å². The zero-order valence-corrected chi connectivity index (χ0v) is 15.7. The zero-order chi connectivity index (χ0) is 18.3. The fourth-order valence-corrected chi connectivity index (χ4v) is 4.85. The molecule has 7 nitrogen and oxygen atoms in total. The van der Waals surface area contributed by atoms with Crippen molar-refractivity contribution in [3.8, 4) is 0 Å². The summed E-state index contributed by atoms with van der Waals surface area (Å²) < 4.78 is 11.6. The van der Waals surface area contributed by atoms with Crippen molar-refractivity contribution in [3.63, 3.8) is 0 Å². The number of rotatable bonds is 5. The van der Waals surface area contributed by atoms with Crippen molar-refractivity contribution in [2.24, 2.45) is 11.8 Å². The summed E-state index contributed by atoms with van der Waals surface area (Å²) in [4.78, 5) is 32.4. The number of nitrogens with zero attached hydrogens (tertiary/aromatic N) is 3. The lowest BCUT2D eigenvalue weighted by atomic mass is 9.76. The van der Waals surface area contributed by atoms with Crippen LogP contribution >= 0.6 is 0 Å². The van der Waals surface area contributed by atoms with Crippen LogP contribution < -0.4 is 0 Å². The monoisotopic (exact) mass is 363 g/mol. The van der Waals surface area contributed by atoms with Crippen LogP contribution in [0.4, 0.5) is 0 Å². The third kappa shape index (κ3) is 2.86. The van der Waals surface area contributed by atoms with Gasteiger partial charge in [0.2, 0.25) is 11.8 Å². The number of likely N-dealkylation sites (tertiary alicyclic amines) is 1. The van der Waals surface area contributed by atoms with Crippen LogP contribution in [-0.2, 0) is 19.1 Å². The largest absolute Gasteiger partial charge is 0.380 e. The summed E-state index contributed by atoms with van der Waals surface area (Å²) >= 11 is 0. The molecule has 2 bridgehead atoms. The molecule has 0 aromatic heterocycles. The van der Waals surface area contributed by atoms with Gasteiger partial charge >= 0.3 is 0 Å². The molecular formula is C19H29N3O4. The van der Waals surface area contributed by atoms with Crippen molar-refractivity contribution in [3.05, 3.63) is 12.2 Å². The average molecular weight is 363 g/mol. The fraction of sp³-hybridized carbons (Fsp3) is 0.789. The van der Waals surface area contributed by atoms with Gasteiger partial charge in [-0.2, -0.15) is 0 Å². The van der Waals surface area contributed by atoms with E-state index in [0.29, 0.717) is 26.3 Å². The number of ether oxygens (including phenoxy) is 2. The standard InChI is InChI=1S/C19H29N3O4/c1-3-25-12-11-22-13-19-6-5-14(26-19)15(16(19)18(22)24)17(23)21-8-4-7-20(2)9-10-21/h5-6,14-16H,3-4,7-13H2,1-2H3/t14-,15?,16?,19-/m0/s1. The number of amides is 2. The summed E-state index contributed by atoms with van der Waals surface area (Å²) in [7, 11) is 2.09. The molecule has 3 saturated heterocycles. The molecule has 3 fully saturated rings. The van der Waals surface area contributed by atoms with Gasteiger partial charge in [0.05, 0.1) is 31.1 Å². The quantitative estimate of drug-likeness (QED) is 0.507. The number of fused-ring (bicyclic) bond motifs is 1. The minimum Gasteiger partial charge on any atom is -0.380 e. The summed E-state index contributed by atoms with van der Waals surface area (Å²) in [6.45, 7) is 7.57. The first-order valence-electron chi connectivity index (χ1n) is 9.77. The Balaban J connectivity index is 1.50. The van der Waals surface area contributed by atoms with Gasteiger partial charge in [-0.25, -0.2) is 0 Å². The highest BCUT2D eigenvalue weighted by molar-refractivity contribution is 5.93. The molecule has 26 heavy (non-hydrogen) atoms. The maximum atomic E-state index is 13.3. The molecule has 0 N–H and O–H groups in total. The highest BCUT2D eigenvalue weighted by Gasteiger charge is 2.67. The first-order valence-corrected chi connectivity index (χ1v) is 9.77. The minimum atomic E-state index is -0.614. The Kier molecular flexibility index (Phi) is 4.79. The molecule has 0 saturated carbocycles. The lowest BCUT2D eigenvalue weighted by molar-refractivity contribution is -0.143. The first kappa shape index (κ1) is 17.9. The second-order valence-corrected chi connectivity index (χ2v) is 7.84. The molecule has 4 heterocycles. The molecule has 0 aromatic carbocycles. The summed E-state index contributed by atoms with van der Waals surface area (Å²) in [6.07, 6.45) is 4.72. The Hall–Kier alpha value is -1.44. The van der Waals surface area contributed by atoms with E-state index in [1.807, 2.05) is 28.9 Å². The average Bonchev–Trinajstić information content (AvgIpc) is 3.19. The number of carbonyl (C=O) groups excluding carboxylic acids is 2. The van der Waals surface area contributed by atoms with Crippen LogP contribution in [0.25, 0.3) is 0 Å². The normalized spacial score (nSPS) is 36.7. The van der Waals surface area contributed by atoms with Crippen molar-refractivity contribution in [2.75, 3.05) is 59.5 Å². The van der Waals surface area contributed by atoms with Crippen LogP contribution in [-0.4, -0.2) is 97.7 Å². The zero-order valence-electron chi connectivity index (χ0n) is 15.7. The van der Waals surface area contributed by atoms with Crippen LogP contribution in [0.3, 0.4) is 0 Å². The van der Waals surface area contributed by atoms with E-state index >= 15 is 0 Å². The van der Waals surface area contributed by atoms with Gasteiger partial charge in [-0.15, -0.1) is 0 Å².